The van der Waals surface area contributed by atoms with Crippen LogP contribution in [0.4, 0.5) is 11.4 Å². The molecule has 1 unspecified atom stereocenters. The van der Waals surface area contributed by atoms with E-state index in [1.165, 1.54) is 0 Å². The van der Waals surface area contributed by atoms with Crippen LogP contribution in [0.5, 0.6) is 5.75 Å². The first-order valence-electron chi connectivity index (χ1n) is 10.6. The van der Waals surface area contributed by atoms with E-state index in [0.29, 0.717) is 22.8 Å². The molecule has 1 saturated carbocycles. The van der Waals surface area contributed by atoms with Gasteiger partial charge in [0.2, 0.25) is 5.91 Å². The normalized spacial score (nSPS) is 23.5. The highest BCUT2D eigenvalue weighted by Crippen LogP contribution is 2.50. The first kappa shape index (κ1) is 21.0. The van der Waals surface area contributed by atoms with Gasteiger partial charge in [-0.2, -0.15) is 5.26 Å². The minimum atomic E-state index is -0.651. The number of aliphatic hydroxyl groups excluding tert-OH is 1. The van der Waals surface area contributed by atoms with Crippen LogP contribution in [0.2, 0.25) is 0 Å². The average molecular weight is 421 g/mol. The Balaban J connectivity index is 1.81. The Morgan fingerprint density at radius 3 is 2.65 bits per heavy atom. The van der Waals surface area contributed by atoms with E-state index >= 15 is 0 Å². The Hall–Kier alpha value is -3.24. The largest absolute Gasteiger partial charge is 0.495 e. The fourth-order valence-corrected chi connectivity index (χ4v) is 4.89. The molecule has 4 N–H and O–H groups in total. The Labute approximate surface area is 182 Å². The van der Waals surface area contributed by atoms with Crippen LogP contribution in [0.3, 0.4) is 0 Å². The number of primary amides is 1. The van der Waals surface area contributed by atoms with E-state index in [0.717, 1.165) is 29.8 Å². The fraction of sp³-hybridized carbons (Fsp3) is 0.417. The molecule has 7 nitrogen and oxygen atoms in total. The summed E-state index contributed by atoms with van der Waals surface area (Å²) in [7, 11) is 1.54. The van der Waals surface area contributed by atoms with Gasteiger partial charge in [-0.1, -0.05) is 6.92 Å². The van der Waals surface area contributed by atoms with Crippen molar-refractivity contribution in [1.29, 1.82) is 5.26 Å². The SMILES string of the molecule is COc1cc(N[C@H]2c3cc(C(N)=O)ccc3N(C(C)O)[C@@H](C3CC3)[C@@H]2C)ccc1C#N. The minimum absolute atomic E-state index is 0.104. The molecule has 7 heteroatoms. The van der Waals surface area contributed by atoms with Crippen molar-refractivity contribution in [3.63, 3.8) is 0 Å². The quantitative estimate of drug-likeness (QED) is 0.660. The third-order valence-electron chi connectivity index (χ3n) is 6.46. The molecule has 31 heavy (non-hydrogen) atoms. The number of hydrogen-bond acceptors (Lipinski definition) is 6. The fourth-order valence-electron chi connectivity index (χ4n) is 4.89. The number of rotatable bonds is 6. The maximum absolute atomic E-state index is 11.9. The lowest BCUT2D eigenvalue weighted by Crippen LogP contribution is -2.52. The number of carbonyl (C=O) groups is 1. The molecule has 2 aromatic rings. The van der Waals surface area contributed by atoms with Crippen molar-refractivity contribution in [1.82, 2.24) is 0 Å². The molecule has 2 aliphatic rings. The number of amides is 1. The van der Waals surface area contributed by atoms with Crippen molar-refractivity contribution >= 4 is 17.3 Å². The molecule has 1 aliphatic carbocycles. The predicted molar refractivity (Wildman–Crippen MR) is 119 cm³/mol. The number of nitrogens with two attached hydrogens (primary N) is 1. The Morgan fingerprint density at radius 1 is 1.32 bits per heavy atom. The van der Waals surface area contributed by atoms with Gasteiger partial charge in [-0.15, -0.1) is 0 Å². The van der Waals surface area contributed by atoms with E-state index in [1.54, 1.807) is 26.2 Å². The smallest absolute Gasteiger partial charge is 0.248 e. The highest BCUT2D eigenvalue weighted by Gasteiger charge is 2.47. The first-order valence-corrected chi connectivity index (χ1v) is 10.6. The van der Waals surface area contributed by atoms with Crippen LogP contribution >= 0.6 is 0 Å². The van der Waals surface area contributed by atoms with Gasteiger partial charge in [0.15, 0.2) is 0 Å². The number of nitrogens with zero attached hydrogens (tertiary/aromatic N) is 2. The Bertz CT molecular complexity index is 1040. The second-order valence-electron chi connectivity index (χ2n) is 8.51. The molecule has 162 valence electrons. The van der Waals surface area contributed by atoms with E-state index < -0.39 is 12.1 Å². The van der Waals surface area contributed by atoms with Crippen LogP contribution in [0, 0.1) is 23.2 Å². The van der Waals surface area contributed by atoms with Crippen LogP contribution in [0.25, 0.3) is 0 Å². The molecule has 4 rings (SSSR count). The molecule has 1 fully saturated rings. The van der Waals surface area contributed by atoms with Gasteiger partial charge in [0.1, 0.15) is 18.0 Å². The molecular formula is C24H28N4O3. The minimum Gasteiger partial charge on any atom is -0.495 e. The van der Waals surface area contributed by atoms with Crippen molar-refractivity contribution in [2.24, 2.45) is 17.6 Å². The summed E-state index contributed by atoms with van der Waals surface area (Å²) in [4.78, 5) is 14.0. The summed E-state index contributed by atoms with van der Waals surface area (Å²) < 4.78 is 5.37. The number of methoxy groups -OCH3 is 1. The van der Waals surface area contributed by atoms with Crippen molar-refractivity contribution in [2.75, 3.05) is 17.3 Å². The number of hydrogen-bond donors (Lipinski definition) is 3. The maximum atomic E-state index is 11.9. The van der Waals surface area contributed by atoms with Crippen LogP contribution < -0.4 is 20.7 Å². The zero-order chi connectivity index (χ0) is 22.3. The molecule has 0 radical (unpaired) electrons. The van der Waals surface area contributed by atoms with Gasteiger partial charge in [-0.3, -0.25) is 4.79 Å². The lowest BCUT2D eigenvalue weighted by atomic mass is 9.79. The Kier molecular flexibility index (Phi) is 5.50. The number of carbonyl (C=O) groups excluding carboxylic acids is 1. The number of benzene rings is 2. The van der Waals surface area contributed by atoms with Crippen LogP contribution in [-0.2, 0) is 0 Å². The number of anilines is 2. The molecular weight excluding hydrogens is 392 g/mol. The number of nitrogens with one attached hydrogen (secondary N) is 1. The topological polar surface area (TPSA) is 112 Å². The van der Waals surface area contributed by atoms with Gasteiger partial charge in [0, 0.05) is 35.0 Å². The molecule has 4 atom stereocenters. The van der Waals surface area contributed by atoms with E-state index in [9.17, 15) is 15.2 Å². The molecule has 1 aliphatic heterocycles. The molecule has 0 spiro atoms. The highest BCUT2D eigenvalue weighted by molar-refractivity contribution is 5.93. The number of nitriles is 1. The van der Waals surface area contributed by atoms with E-state index in [1.807, 2.05) is 24.3 Å². The van der Waals surface area contributed by atoms with Gasteiger partial charge < -0.3 is 25.8 Å². The third kappa shape index (κ3) is 3.79. The summed E-state index contributed by atoms with van der Waals surface area (Å²) >= 11 is 0. The summed E-state index contributed by atoms with van der Waals surface area (Å²) in [5, 5.41) is 23.5. The van der Waals surface area contributed by atoms with Gasteiger partial charge >= 0.3 is 0 Å². The van der Waals surface area contributed by atoms with Crippen LogP contribution in [0.1, 0.15) is 54.2 Å². The Morgan fingerprint density at radius 2 is 2.06 bits per heavy atom. The standard InChI is InChI=1S/C24H28N4O3/c1-13-22(27-18-8-6-17(12-25)21(11-18)31-3)19-10-16(24(26)30)7-9-20(19)28(14(2)29)23(13)15-4-5-15/h6-11,13-15,22-23,27,29H,4-5H2,1-3H3,(H2,26,30)/t13-,14?,22-,23-/m1/s1. The van der Waals surface area contributed by atoms with E-state index in [2.05, 4.69) is 23.2 Å². The zero-order valence-electron chi connectivity index (χ0n) is 18.0. The molecule has 0 bridgehead atoms. The van der Waals surface area contributed by atoms with Gasteiger partial charge in [0.05, 0.1) is 18.7 Å². The monoisotopic (exact) mass is 420 g/mol. The van der Waals surface area contributed by atoms with Crippen LogP contribution in [-0.4, -0.2) is 30.4 Å². The summed E-state index contributed by atoms with van der Waals surface area (Å²) in [6, 6.07) is 13.0. The van der Waals surface area contributed by atoms with Gasteiger partial charge in [-0.05, 0) is 61.6 Å². The lowest BCUT2D eigenvalue weighted by Gasteiger charge is -2.48. The molecule has 1 amide bonds. The van der Waals surface area contributed by atoms with Crippen molar-refractivity contribution in [3.05, 3.63) is 53.1 Å². The average Bonchev–Trinajstić information content (AvgIpc) is 3.59. The van der Waals surface area contributed by atoms with E-state index in [-0.39, 0.29) is 18.0 Å². The second kappa shape index (κ2) is 8.12. The lowest BCUT2D eigenvalue weighted by molar-refractivity contribution is 0.1000. The number of ether oxygens (including phenoxy) is 1. The summed E-state index contributed by atoms with van der Waals surface area (Å²) in [5.41, 5.74) is 9.12. The zero-order valence-corrected chi connectivity index (χ0v) is 18.0. The summed E-state index contributed by atoms with van der Waals surface area (Å²) in [5.74, 6) is 0.696. The van der Waals surface area contributed by atoms with Gasteiger partial charge in [-0.25, -0.2) is 0 Å². The van der Waals surface area contributed by atoms with Gasteiger partial charge in [0.25, 0.3) is 0 Å². The number of aliphatic hydroxyl groups is 1. The summed E-state index contributed by atoms with van der Waals surface area (Å²) in [6.07, 6.45) is 1.64. The van der Waals surface area contributed by atoms with E-state index in [4.69, 9.17) is 10.5 Å². The second-order valence-corrected chi connectivity index (χ2v) is 8.51. The van der Waals surface area contributed by atoms with Crippen molar-refractivity contribution in [2.45, 2.75) is 45.0 Å². The van der Waals surface area contributed by atoms with Crippen molar-refractivity contribution in [3.8, 4) is 11.8 Å². The molecule has 2 aromatic carbocycles. The van der Waals surface area contributed by atoms with Crippen LogP contribution in [0.15, 0.2) is 36.4 Å². The molecule has 0 aromatic heterocycles. The highest BCUT2D eigenvalue weighted by atomic mass is 16.5. The third-order valence-corrected chi connectivity index (χ3v) is 6.46. The first-order chi connectivity index (χ1) is 14.8. The molecule has 1 heterocycles. The van der Waals surface area contributed by atoms with Crippen molar-refractivity contribution < 1.29 is 14.6 Å². The molecule has 0 saturated heterocycles. The number of fused-ring (bicyclic) bond motifs is 1. The maximum Gasteiger partial charge on any atom is 0.248 e. The predicted octanol–water partition coefficient (Wildman–Crippen LogP) is 3.39. The summed E-state index contributed by atoms with van der Waals surface area (Å²) in [6.45, 7) is 3.96.